The van der Waals surface area contributed by atoms with E-state index in [2.05, 4.69) is 10.2 Å². The molecule has 4 aromatic rings. The van der Waals surface area contributed by atoms with Crippen molar-refractivity contribution in [2.24, 2.45) is 0 Å². The molecular weight excluding hydrogens is 438 g/mol. The SMILES string of the molecule is CCOc1cc(C2c3c(-c4ccc(Cl)cc4)n[nH]c3C(=O)N2c2ccc(C)cc2)ccc1O. The van der Waals surface area contributed by atoms with Gasteiger partial charge in [0.1, 0.15) is 5.69 Å². The Morgan fingerprint density at radius 2 is 1.82 bits per heavy atom. The van der Waals surface area contributed by atoms with E-state index in [0.717, 1.165) is 27.9 Å². The molecule has 0 radical (unpaired) electrons. The van der Waals surface area contributed by atoms with Gasteiger partial charge in [0.05, 0.1) is 18.3 Å². The lowest BCUT2D eigenvalue weighted by molar-refractivity contribution is 0.0988. The molecule has 1 aliphatic heterocycles. The van der Waals surface area contributed by atoms with Crippen LogP contribution in [0.5, 0.6) is 11.5 Å². The summed E-state index contributed by atoms with van der Waals surface area (Å²) in [6, 6.07) is 19.9. The minimum atomic E-state index is -0.459. The minimum Gasteiger partial charge on any atom is -0.504 e. The summed E-state index contributed by atoms with van der Waals surface area (Å²) in [6.07, 6.45) is 0. The number of halogens is 1. The molecule has 6 nitrogen and oxygen atoms in total. The number of amides is 1. The predicted octanol–water partition coefficient (Wildman–Crippen LogP) is 5.89. The average molecular weight is 460 g/mol. The monoisotopic (exact) mass is 459 g/mol. The number of phenolic OH excluding ortho intramolecular Hbond substituents is 1. The molecule has 166 valence electrons. The van der Waals surface area contributed by atoms with E-state index in [-0.39, 0.29) is 11.7 Å². The molecule has 0 saturated carbocycles. The lowest BCUT2D eigenvalue weighted by atomic mass is 9.95. The summed E-state index contributed by atoms with van der Waals surface area (Å²) in [5.41, 5.74) is 5.43. The standard InChI is InChI=1S/C26H22ClN3O3/c1-3-33-21-14-17(8-13-20(21)31)25-22-23(16-6-9-18(27)10-7-16)28-29-24(22)26(32)30(25)19-11-4-15(2)5-12-19/h4-14,25,31H,3H2,1-2H3,(H,28,29). The van der Waals surface area contributed by atoms with Gasteiger partial charge in [0, 0.05) is 21.8 Å². The van der Waals surface area contributed by atoms with Gasteiger partial charge in [0.15, 0.2) is 11.5 Å². The number of rotatable bonds is 5. The number of carbonyl (C=O) groups excluding carboxylic acids is 1. The van der Waals surface area contributed by atoms with Crippen molar-refractivity contribution in [2.45, 2.75) is 19.9 Å². The number of fused-ring (bicyclic) bond motifs is 1. The number of hydrogen-bond donors (Lipinski definition) is 2. The van der Waals surface area contributed by atoms with Crippen molar-refractivity contribution in [3.05, 3.63) is 94.1 Å². The van der Waals surface area contributed by atoms with Gasteiger partial charge in [0.25, 0.3) is 5.91 Å². The number of phenols is 1. The van der Waals surface area contributed by atoms with Crippen LogP contribution in [0.3, 0.4) is 0 Å². The first-order chi connectivity index (χ1) is 16.0. The smallest absolute Gasteiger partial charge is 0.277 e. The lowest BCUT2D eigenvalue weighted by Crippen LogP contribution is -2.29. The highest BCUT2D eigenvalue weighted by molar-refractivity contribution is 6.30. The quantitative estimate of drug-likeness (QED) is 0.390. The van der Waals surface area contributed by atoms with Crippen LogP contribution in [0.1, 0.15) is 40.1 Å². The van der Waals surface area contributed by atoms with Gasteiger partial charge in [0.2, 0.25) is 0 Å². The van der Waals surface area contributed by atoms with E-state index in [1.165, 1.54) is 0 Å². The van der Waals surface area contributed by atoms with E-state index in [4.69, 9.17) is 16.3 Å². The van der Waals surface area contributed by atoms with Crippen LogP contribution >= 0.6 is 11.6 Å². The highest BCUT2D eigenvalue weighted by Crippen LogP contribution is 2.46. The van der Waals surface area contributed by atoms with Crippen molar-refractivity contribution in [1.82, 2.24) is 10.2 Å². The van der Waals surface area contributed by atoms with E-state index >= 15 is 0 Å². The highest BCUT2D eigenvalue weighted by Gasteiger charge is 2.43. The number of aromatic amines is 1. The third-order valence-corrected chi connectivity index (χ3v) is 6.05. The molecule has 1 aliphatic rings. The summed E-state index contributed by atoms with van der Waals surface area (Å²) in [6.45, 7) is 4.28. The van der Waals surface area contributed by atoms with Crippen LogP contribution in [0.2, 0.25) is 5.02 Å². The molecule has 1 amide bonds. The van der Waals surface area contributed by atoms with Gasteiger partial charge in [-0.3, -0.25) is 14.8 Å². The van der Waals surface area contributed by atoms with Gasteiger partial charge in [-0.2, -0.15) is 5.10 Å². The maximum Gasteiger partial charge on any atom is 0.277 e. The molecule has 0 spiro atoms. The largest absolute Gasteiger partial charge is 0.504 e. The van der Waals surface area contributed by atoms with E-state index < -0.39 is 6.04 Å². The van der Waals surface area contributed by atoms with Crippen molar-refractivity contribution in [3.63, 3.8) is 0 Å². The number of nitrogens with zero attached hydrogens (tertiary/aromatic N) is 2. The molecule has 1 atom stereocenters. The van der Waals surface area contributed by atoms with Gasteiger partial charge in [-0.1, -0.05) is 47.5 Å². The first-order valence-electron chi connectivity index (χ1n) is 10.7. The maximum absolute atomic E-state index is 13.6. The van der Waals surface area contributed by atoms with E-state index in [9.17, 15) is 9.90 Å². The fraction of sp³-hybridized carbons (Fsp3) is 0.154. The Bertz CT molecular complexity index is 1330. The fourth-order valence-corrected chi connectivity index (χ4v) is 4.36. The van der Waals surface area contributed by atoms with Gasteiger partial charge in [-0.15, -0.1) is 0 Å². The summed E-state index contributed by atoms with van der Waals surface area (Å²) in [7, 11) is 0. The molecule has 2 N–H and O–H groups in total. The molecule has 0 bridgehead atoms. The Morgan fingerprint density at radius 3 is 2.52 bits per heavy atom. The molecule has 1 unspecified atom stereocenters. The fourth-order valence-electron chi connectivity index (χ4n) is 4.23. The van der Waals surface area contributed by atoms with E-state index in [1.54, 1.807) is 29.2 Å². The van der Waals surface area contributed by atoms with E-state index in [1.807, 2.05) is 56.3 Å². The van der Waals surface area contributed by atoms with Crippen LogP contribution in [-0.2, 0) is 0 Å². The first-order valence-corrected chi connectivity index (χ1v) is 11.1. The Morgan fingerprint density at radius 1 is 1.09 bits per heavy atom. The normalized spacial score (nSPS) is 15.1. The van der Waals surface area contributed by atoms with Crippen LogP contribution in [-0.4, -0.2) is 27.8 Å². The van der Waals surface area contributed by atoms with Crippen LogP contribution in [0, 0.1) is 6.92 Å². The summed E-state index contributed by atoms with van der Waals surface area (Å²) in [5.74, 6) is 0.256. The zero-order valence-electron chi connectivity index (χ0n) is 18.2. The van der Waals surface area contributed by atoms with E-state index in [0.29, 0.717) is 28.8 Å². The Labute approximate surface area is 196 Å². The number of aromatic nitrogens is 2. The first kappa shape index (κ1) is 21.1. The number of H-pyrrole nitrogens is 1. The van der Waals surface area contributed by atoms with Gasteiger partial charge >= 0.3 is 0 Å². The highest BCUT2D eigenvalue weighted by atomic mass is 35.5. The zero-order valence-corrected chi connectivity index (χ0v) is 18.9. The molecule has 1 aromatic heterocycles. The number of hydrogen-bond acceptors (Lipinski definition) is 4. The van der Waals surface area contributed by atoms with Gasteiger partial charge in [-0.25, -0.2) is 0 Å². The van der Waals surface area contributed by atoms with Crippen molar-refractivity contribution in [3.8, 4) is 22.8 Å². The molecule has 5 rings (SSSR count). The number of benzene rings is 3. The second-order valence-corrected chi connectivity index (χ2v) is 8.38. The molecule has 33 heavy (non-hydrogen) atoms. The number of carbonyl (C=O) groups is 1. The van der Waals surface area contributed by atoms with Crippen molar-refractivity contribution >= 4 is 23.2 Å². The lowest BCUT2D eigenvalue weighted by Gasteiger charge is -2.27. The number of anilines is 1. The summed E-state index contributed by atoms with van der Waals surface area (Å²) < 4.78 is 5.63. The third-order valence-electron chi connectivity index (χ3n) is 5.80. The Kier molecular flexibility index (Phi) is 5.30. The molecule has 3 aromatic carbocycles. The van der Waals surface area contributed by atoms with Gasteiger partial charge < -0.3 is 9.84 Å². The molecule has 0 aliphatic carbocycles. The second-order valence-electron chi connectivity index (χ2n) is 7.94. The maximum atomic E-state index is 13.6. The molecule has 7 heteroatoms. The van der Waals surface area contributed by atoms with Gasteiger partial charge in [-0.05, 0) is 55.8 Å². The molecule has 2 heterocycles. The summed E-state index contributed by atoms with van der Waals surface area (Å²) in [5, 5.41) is 18.3. The van der Waals surface area contributed by atoms with Crippen molar-refractivity contribution < 1.29 is 14.6 Å². The van der Waals surface area contributed by atoms with Crippen LogP contribution < -0.4 is 9.64 Å². The zero-order chi connectivity index (χ0) is 23.1. The Hall–Kier alpha value is -3.77. The minimum absolute atomic E-state index is 0.0529. The van der Waals surface area contributed by atoms with Crippen LogP contribution in [0.25, 0.3) is 11.3 Å². The van der Waals surface area contributed by atoms with Crippen LogP contribution in [0.4, 0.5) is 5.69 Å². The number of aromatic hydroxyl groups is 1. The Balaban J connectivity index is 1.72. The third kappa shape index (κ3) is 3.62. The van der Waals surface area contributed by atoms with Crippen LogP contribution in [0.15, 0.2) is 66.7 Å². The van der Waals surface area contributed by atoms with Crippen molar-refractivity contribution in [2.75, 3.05) is 11.5 Å². The molecular formula is C26H22ClN3O3. The van der Waals surface area contributed by atoms with Crippen molar-refractivity contribution in [1.29, 1.82) is 0 Å². The topological polar surface area (TPSA) is 78.5 Å². The number of nitrogens with one attached hydrogen (secondary N) is 1. The second kappa shape index (κ2) is 8.30. The summed E-state index contributed by atoms with van der Waals surface area (Å²) in [4.78, 5) is 15.3. The predicted molar refractivity (Wildman–Crippen MR) is 128 cm³/mol. The number of ether oxygens (including phenoxy) is 1. The molecule has 0 fully saturated rings. The number of aryl methyl sites for hydroxylation is 1. The average Bonchev–Trinajstić information content (AvgIpc) is 3.36. The summed E-state index contributed by atoms with van der Waals surface area (Å²) >= 11 is 6.09. The molecule has 0 saturated heterocycles.